The van der Waals surface area contributed by atoms with Crippen LogP contribution >= 0.6 is 15.9 Å². The first kappa shape index (κ1) is 12.8. The van der Waals surface area contributed by atoms with E-state index in [0.717, 1.165) is 30.7 Å². The van der Waals surface area contributed by atoms with Crippen molar-refractivity contribution in [2.24, 2.45) is 0 Å². The van der Waals surface area contributed by atoms with Crippen molar-refractivity contribution in [2.75, 3.05) is 27.2 Å². The fourth-order valence-electron chi connectivity index (χ4n) is 2.12. The standard InChI is InChI=1S/C12H18BrN3O/c1-15(2)6-4-12(17)16-10-3-5-14-8-9(10)7-11(16)13/h7,14H,3-6,8H2,1-2H3. The third kappa shape index (κ3) is 2.78. The average Bonchev–Trinajstić information content (AvgIpc) is 2.61. The summed E-state index contributed by atoms with van der Waals surface area (Å²) >= 11 is 3.49. The van der Waals surface area contributed by atoms with Crippen LogP contribution in [0.1, 0.15) is 22.5 Å². The highest BCUT2D eigenvalue weighted by molar-refractivity contribution is 9.10. The quantitative estimate of drug-likeness (QED) is 0.919. The van der Waals surface area contributed by atoms with Gasteiger partial charge in [-0.05, 0) is 41.7 Å². The Balaban J connectivity index is 2.19. The van der Waals surface area contributed by atoms with Crippen molar-refractivity contribution >= 4 is 21.8 Å². The summed E-state index contributed by atoms with van der Waals surface area (Å²) in [6.45, 7) is 2.60. The Kier molecular flexibility index (Phi) is 4.01. The van der Waals surface area contributed by atoms with Crippen molar-refractivity contribution in [3.05, 3.63) is 21.9 Å². The van der Waals surface area contributed by atoms with E-state index in [4.69, 9.17) is 0 Å². The van der Waals surface area contributed by atoms with Gasteiger partial charge >= 0.3 is 0 Å². The molecule has 5 heteroatoms. The number of aromatic nitrogens is 1. The Morgan fingerprint density at radius 1 is 1.59 bits per heavy atom. The van der Waals surface area contributed by atoms with Gasteiger partial charge in [0.2, 0.25) is 5.91 Å². The lowest BCUT2D eigenvalue weighted by Gasteiger charge is -2.17. The number of hydrogen-bond donors (Lipinski definition) is 1. The molecule has 0 amide bonds. The maximum atomic E-state index is 12.2. The van der Waals surface area contributed by atoms with Crippen LogP contribution in [0, 0.1) is 0 Å². The van der Waals surface area contributed by atoms with Crippen molar-refractivity contribution in [1.29, 1.82) is 0 Å². The predicted octanol–water partition coefficient (Wildman–Crippen LogP) is 1.49. The van der Waals surface area contributed by atoms with Gasteiger partial charge in [0.05, 0.1) is 4.60 Å². The lowest BCUT2D eigenvalue weighted by Crippen LogP contribution is -2.27. The van der Waals surface area contributed by atoms with Gasteiger partial charge in [-0.3, -0.25) is 9.36 Å². The van der Waals surface area contributed by atoms with Crippen molar-refractivity contribution in [3.63, 3.8) is 0 Å². The number of carbonyl (C=O) groups excluding carboxylic acids is 1. The summed E-state index contributed by atoms with van der Waals surface area (Å²) < 4.78 is 2.72. The minimum Gasteiger partial charge on any atom is -0.312 e. The number of fused-ring (bicyclic) bond motifs is 1. The molecule has 0 saturated carbocycles. The van der Waals surface area contributed by atoms with E-state index in [0.29, 0.717) is 6.42 Å². The van der Waals surface area contributed by atoms with E-state index in [1.54, 1.807) is 0 Å². The molecule has 0 saturated heterocycles. The molecule has 94 valence electrons. The van der Waals surface area contributed by atoms with E-state index in [9.17, 15) is 4.79 Å². The summed E-state index contributed by atoms with van der Waals surface area (Å²) in [4.78, 5) is 14.2. The zero-order chi connectivity index (χ0) is 12.4. The second kappa shape index (κ2) is 5.33. The molecular weight excluding hydrogens is 282 g/mol. The largest absolute Gasteiger partial charge is 0.312 e. The van der Waals surface area contributed by atoms with Gasteiger partial charge in [-0.15, -0.1) is 0 Å². The molecule has 0 fully saturated rings. The van der Waals surface area contributed by atoms with Crippen molar-refractivity contribution in [3.8, 4) is 0 Å². The fraction of sp³-hybridized carbons (Fsp3) is 0.583. The Morgan fingerprint density at radius 3 is 3.06 bits per heavy atom. The van der Waals surface area contributed by atoms with Crippen LogP contribution in [0.5, 0.6) is 0 Å². The highest BCUT2D eigenvalue weighted by atomic mass is 79.9. The van der Waals surface area contributed by atoms with Gasteiger partial charge in [-0.1, -0.05) is 0 Å². The number of carbonyl (C=O) groups is 1. The van der Waals surface area contributed by atoms with Gasteiger partial charge in [0.15, 0.2) is 0 Å². The molecular formula is C12H18BrN3O. The van der Waals surface area contributed by atoms with E-state index in [1.165, 1.54) is 11.3 Å². The normalized spacial score (nSPS) is 15.1. The van der Waals surface area contributed by atoms with Crippen LogP contribution in [0.2, 0.25) is 0 Å². The van der Waals surface area contributed by atoms with Crippen LogP contribution in [0.4, 0.5) is 0 Å². The lowest BCUT2D eigenvalue weighted by molar-refractivity contribution is 0.0886. The van der Waals surface area contributed by atoms with E-state index >= 15 is 0 Å². The Labute approximate surface area is 110 Å². The first-order chi connectivity index (χ1) is 8.09. The zero-order valence-corrected chi connectivity index (χ0v) is 11.9. The minimum atomic E-state index is 0.175. The highest BCUT2D eigenvalue weighted by Gasteiger charge is 2.20. The third-order valence-corrected chi connectivity index (χ3v) is 3.61. The molecule has 0 atom stereocenters. The molecule has 1 aromatic rings. The predicted molar refractivity (Wildman–Crippen MR) is 71.3 cm³/mol. The summed E-state index contributed by atoms with van der Waals surface area (Å²) in [5.41, 5.74) is 2.40. The molecule has 2 rings (SSSR count). The molecule has 1 N–H and O–H groups in total. The van der Waals surface area contributed by atoms with Gasteiger partial charge in [-0.25, -0.2) is 0 Å². The van der Waals surface area contributed by atoms with Gasteiger partial charge in [-0.2, -0.15) is 0 Å². The first-order valence-corrected chi connectivity index (χ1v) is 6.66. The summed E-state index contributed by atoms with van der Waals surface area (Å²) in [5.74, 6) is 0.175. The second-order valence-electron chi connectivity index (χ2n) is 4.65. The van der Waals surface area contributed by atoms with Crippen LogP contribution in [0.25, 0.3) is 0 Å². The lowest BCUT2D eigenvalue weighted by atomic mass is 10.1. The monoisotopic (exact) mass is 299 g/mol. The van der Waals surface area contributed by atoms with E-state index in [2.05, 4.69) is 27.3 Å². The average molecular weight is 300 g/mol. The summed E-state index contributed by atoms with van der Waals surface area (Å²) in [6.07, 6.45) is 1.48. The smallest absolute Gasteiger partial charge is 0.232 e. The Bertz CT molecular complexity index is 426. The van der Waals surface area contributed by atoms with Gasteiger partial charge in [0.1, 0.15) is 0 Å². The van der Waals surface area contributed by atoms with E-state index in [-0.39, 0.29) is 5.91 Å². The number of rotatable bonds is 3. The van der Waals surface area contributed by atoms with Gasteiger partial charge < -0.3 is 10.2 Å². The van der Waals surface area contributed by atoms with E-state index in [1.807, 2.05) is 23.6 Å². The molecule has 0 aromatic carbocycles. The minimum absolute atomic E-state index is 0.175. The molecule has 0 aliphatic carbocycles. The summed E-state index contributed by atoms with van der Waals surface area (Å²) in [7, 11) is 3.97. The summed E-state index contributed by atoms with van der Waals surface area (Å²) in [6, 6.07) is 2.05. The maximum Gasteiger partial charge on any atom is 0.232 e. The number of hydrogen-bond acceptors (Lipinski definition) is 3. The topological polar surface area (TPSA) is 37.3 Å². The maximum absolute atomic E-state index is 12.2. The molecule has 4 nitrogen and oxygen atoms in total. The molecule has 17 heavy (non-hydrogen) atoms. The first-order valence-electron chi connectivity index (χ1n) is 5.87. The molecule has 0 spiro atoms. The van der Waals surface area contributed by atoms with Gasteiger partial charge in [0.25, 0.3) is 0 Å². The molecule has 1 aliphatic heterocycles. The number of halogens is 1. The molecule has 1 aliphatic rings. The molecule has 1 aromatic heterocycles. The molecule has 0 unspecified atom stereocenters. The molecule has 0 radical (unpaired) electrons. The Morgan fingerprint density at radius 2 is 2.35 bits per heavy atom. The third-order valence-electron chi connectivity index (χ3n) is 3.02. The second-order valence-corrected chi connectivity index (χ2v) is 5.46. The van der Waals surface area contributed by atoms with Crippen molar-refractivity contribution in [1.82, 2.24) is 14.8 Å². The number of nitrogens with one attached hydrogen (secondary N) is 1. The Hall–Kier alpha value is -0.650. The highest BCUT2D eigenvalue weighted by Crippen LogP contribution is 2.24. The van der Waals surface area contributed by atoms with Gasteiger partial charge in [0, 0.05) is 38.2 Å². The van der Waals surface area contributed by atoms with Crippen molar-refractivity contribution in [2.45, 2.75) is 19.4 Å². The van der Waals surface area contributed by atoms with Crippen LogP contribution in [0.15, 0.2) is 10.7 Å². The number of nitrogens with zero attached hydrogens (tertiary/aromatic N) is 2. The fourth-order valence-corrected chi connectivity index (χ4v) is 2.81. The zero-order valence-electron chi connectivity index (χ0n) is 10.3. The van der Waals surface area contributed by atoms with Crippen LogP contribution in [-0.4, -0.2) is 42.6 Å². The summed E-state index contributed by atoms with van der Waals surface area (Å²) in [5, 5.41) is 3.32. The SMILES string of the molecule is CN(C)CCC(=O)n1c(Br)cc2c1CCNC2. The van der Waals surface area contributed by atoms with E-state index < -0.39 is 0 Å². The molecule has 2 heterocycles. The van der Waals surface area contributed by atoms with Crippen LogP contribution in [0.3, 0.4) is 0 Å². The van der Waals surface area contributed by atoms with Crippen molar-refractivity contribution < 1.29 is 4.79 Å². The van der Waals surface area contributed by atoms with Crippen LogP contribution < -0.4 is 5.32 Å². The molecule has 0 bridgehead atoms. The van der Waals surface area contributed by atoms with Crippen LogP contribution in [-0.2, 0) is 13.0 Å².